The number of nitrogens with two attached hydrogens (primary N) is 1. The predicted octanol–water partition coefficient (Wildman–Crippen LogP) is 2.26. The fourth-order valence-corrected chi connectivity index (χ4v) is 3.48. The number of aliphatic hydroxyl groups excluding tert-OH is 2. The van der Waals surface area contributed by atoms with Crippen molar-refractivity contribution in [3.05, 3.63) is 59.8 Å². The lowest BCUT2D eigenvalue weighted by molar-refractivity contribution is 0.0666. The third kappa shape index (κ3) is 4.10. The van der Waals surface area contributed by atoms with Gasteiger partial charge < -0.3 is 25.0 Å². The third-order valence-electron chi connectivity index (χ3n) is 5.20. The van der Waals surface area contributed by atoms with Gasteiger partial charge in [0.2, 0.25) is 0 Å². The van der Waals surface area contributed by atoms with E-state index in [-0.39, 0.29) is 12.1 Å². The summed E-state index contributed by atoms with van der Waals surface area (Å²) in [5.74, 6) is 7.82. The summed E-state index contributed by atoms with van der Waals surface area (Å²) < 4.78 is 7.36. The number of aliphatic hydroxyl groups is 2. The van der Waals surface area contributed by atoms with Crippen molar-refractivity contribution in [3.8, 4) is 23.2 Å². The Labute approximate surface area is 169 Å². The highest BCUT2D eigenvalue weighted by Crippen LogP contribution is 2.28. The van der Waals surface area contributed by atoms with Crippen LogP contribution in [0.2, 0.25) is 0 Å². The summed E-state index contributed by atoms with van der Waals surface area (Å²) in [5.41, 5.74) is 8.47. The summed E-state index contributed by atoms with van der Waals surface area (Å²) in [4.78, 5) is 4.20. The molecule has 29 heavy (non-hydrogen) atoms. The molecule has 2 heterocycles. The van der Waals surface area contributed by atoms with Crippen LogP contribution in [0, 0.1) is 17.8 Å². The number of nitrogens with zero attached hydrogens (tertiary/aromatic N) is 3. The van der Waals surface area contributed by atoms with Crippen molar-refractivity contribution < 1.29 is 14.7 Å². The molecule has 1 saturated carbocycles. The Morgan fingerprint density at radius 2 is 2.07 bits per heavy atom. The number of imidazole rings is 1. The first kappa shape index (κ1) is 19.4. The Hall–Kier alpha value is -2.92. The van der Waals surface area contributed by atoms with E-state index in [1.54, 1.807) is 19.3 Å². The largest absolute Gasteiger partial charge is 0.393 e. The molecule has 0 aliphatic heterocycles. The molecular formula is C22H24N4O3. The number of benzene rings is 1. The van der Waals surface area contributed by atoms with Gasteiger partial charge in [0.15, 0.2) is 5.76 Å². The predicted molar refractivity (Wildman–Crippen MR) is 108 cm³/mol. The Balaban J connectivity index is 1.51. The maximum atomic E-state index is 9.91. The highest BCUT2D eigenvalue weighted by molar-refractivity contribution is 5.59. The van der Waals surface area contributed by atoms with Gasteiger partial charge in [-0.1, -0.05) is 17.0 Å². The van der Waals surface area contributed by atoms with Crippen LogP contribution < -0.4 is 5.73 Å². The molecule has 1 aliphatic carbocycles. The lowest BCUT2D eigenvalue weighted by Crippen LogP contribution is -2.26. The normalized spacial score (nSPS) is 20.4. The Kier molecular flexibility index (Phi) is 5.49. The summed E-state index contributed by atoms with van der Waals surface area (Å²) in [6, 6.07) is 9.37. The lowest BCUT2D eigenvalue weighted by atomic mass is 9.83. The van der Waals surface area contributed by atoms with Crippen LogP contribution in [0.25, 0.3) is 11.3 Å². The molecule has 1 fully saturated rings. The SMILES string of the molecule is C[C@H](O)c1nccn1[C@H](CN)c1cc(-c2ccc(C#C[C@H]3C[C@@H](O)C3)cc2)on1. The number of hydrogen-bond donors (Lipinski definition) is 3. The van der Waals surface area contributed by atoms with Gasteiger partial charge in [-0.15, -0.1) is 0 Å². The average molecular weight is 392 g/mol. The minimum atomic E-state index is -0.706. The third-order valence-corrected chi connectivity index (χ3v) is 5.20. The van der Waals surface area contributed by atoms with Gasteiger partial charge in [-0.05, 0) is 44.0 Å². The van der Waals surface area contributed by atoms with E-state index < -0.39 is 6.10 Å². The number of hydrogen-bond acceptors (Lipinski definition) is 6. The van der Waals surface area contributed by atoms with E-state index in [0.717, 1.165) is 24.0 Å². The van der Waals surface area contributed by atoms with Crippen LogP contribution in [0.4, 0.5) is 0 Å². The van der Waals surface area contributed by atoms with Crippen LogP contribution in [0.5, 0.6) is 0 Å². The molecular weight excluding hydrogens is 368 g/mol. The maximum absolute atomic E-state index is 9.91. The van der Waals surface area contributed by atoms with Gasteiger partial charge >= 0.3 is 0 Å². The van der Waals surface area contributed by atoms with Crippen LogP contribution in [-0.2, 0) is 0 Å². The van der Waals surface area contributed by atoms with E-state index in [9.17, 15) is 10.2 Å². The molecule has 0 radical (unpaired) electrons. The molecule has 0 saturated heterocycles. The molecule has 2 aromatic heterocycles. The number of rotatable bonds is 5. The van der Waals surface area contributed by atoms with Gasteiger partial charge in [-0.3, -0.25) is 0 Å². The fourth-order valence-electron chi connectivity index (χ4n) is 3.48. The van der Waals surface area contributed by atoms with Gasteiger partial charge in [-0.25, -0.2) is 4.98 Å². The first-order valence-corrected chi connectivity index (χ1v) is 9.72. The zero-order valence-electron chi connectivity index (χ0n) is 16.2. The average Bonchev–Trinajstić information content (AvgIpc) is 3.36. The Morgan fingerprint density at radius 3 is 2.72 bits per heavy atom. The maximum Gasteiger partial charge on any atom is 0.167 e. The molecule has 0 unspecified atom stereocenters. The summed E-state index contributed by atoms with van der Waals surface area (Å²) in [7, 11) is 0. The first-order valence-electron chi connectivity index (χ1n) is 9.72. The van der Waals surface area contributed by atoms with E-state index in [0.29, 0.717) is 29.7 Å². The quantitative estimate of drug-likeness (QED) is 0.575. The molecule has 2 atom stereocenters. The molecule has 7 nitrogen and oxygen atoms in total. The highest BCUT2D eigenvalue weighted by Gasteiger charge is 2.25. The minimum Gasteiger partial charge on any atom is -0.393 e. The van der Waals surface area contributed by atoms with Crippen molar-refractivity contribution in [3.63, 3.8) is 0 Å². The summed E-state index contributed by atoms with van der Waals surface area (Å²) in [6.45, 7) is 1.96. The topological polar surface area (TPSA) is 110 Å². The van der Waals surface area contributed by atoms with Crippen molar-refractivity contribution >= 4 is 0 Å². The van der Waals surface area contributed by atoms with E-state index >= 15 is 0 Å². The molecule has 0 spiro atoms. The van der Waals surface area contributed by atoms with Crippen LogP contribution in [-0.4, -0.2) is 37.6 Å². The van der Waals surface area contributed by atoms with E-state index in [1.165, 1.54) is 0 Å². The van der Waals surface area contributed by atoms with E-state index in [2.05, 4.69) is 22.0 Å². The second-order valence-corrected chi connectivity index (χ2v) is 7.41. The Morgan fingerprint density at radius 1 is 1.31 bits per heavy atom. The van der Waals surface area contributed by atoms with Crippen LogP contribution in [0.1, 0.15) is 49.0 Å². The molecule has 7 heteroatoms. The lowest BCUT2D eigenvalue weighted by Gasteiger charge is -2.26. The smallest absolute Gasteiger partial charge is 0.167 e. The fraction of sp³-hybridized carbons (Fsp3) is 0.364. The summed E-state index contributed by atoms with van der Waals surface area (Å²) in [5, 5.41) is 23.4. The van der Waals surface area contributed by atoms with Crippen molar-refractivity contribution in [2.45, 2.75) is 38.0 Å². The van der Waals surface area contributed by atoms with Crippen LogP contribution >= 0.6 is 0 Å². The summed E-state index contributed by atoms with van der Waals surface area (Å²) in [6.07, 6.45) is 4.05. The number of aromatic nitrogens is 3. The van der Waals surface area contributed by atoms with Crippen molar-refractivity contribution in [2.24, 2.45) is 11.7 Å². The molecule has 1 aliphatic rings. The van der Waals surface area contributed by atoms with Crippen LogP contribution in [0.15, 0.2) is 47.2 Å². The Bertz CT molecular complexity index is 1020. The summed E-state index contributed by atoms with van der Waals surface area (Å²) >= 11 is 0. The second-order valence-electron chi connectivity index (χ2n) is 7.41. The molecule has 0 bridgehead atoms. The van der Waals surface area contributed by atoms with Crippen molar-refractivity contribution in [2.75, 3.05) is 6.54 Å². The molecule has 150 valence electrons. The zero-order valence-corrected chi connectivity index (χ0v) is 16.2. The van der Waals surface area contributed by atoms with Gasteiger partial charge in [0.05, 0.1) is 12.1 Å². The molecule has 0 amide bonds. The van der Waals surface area contributed by atoms with Gasteiger partial charge in [-0.2, -0.15) is 0 Å². The van der Waals surface area contributed by atoms with Gasteiger partial charge in [0.1, 0.15) is 17.6 Å². The minimum absolute atomic E-state index is 0.186. The van der Waals surface area contributed by atoms with Crippen molar-refractivity contribution in [1.29, 1.82) is 0 Å². The van der Waals surface area contributed by atoms with Gasteiger partial charge in [0.25, 0.3) is 0 Å². The molecule has 1 aromatic carbocycles. The second kappa shape index (κ2) is 8.21. The van der Waals surface area contributed by atoms with Crippen molar-refractivity contribution in [1.82, 2.24) is 14.7 Å². The monoisotopic (exact) mass is 392 g/mol. The molecule has 4 N–H and O–H groups in total. The van der Waals surface area contributed by atoms with Crippen LogP contribution in [0.3, 0.4) is 0 Å². The van der Waals surface area contributed by atoms with E-state index in [1.807, 2.05) is 34.9 Å². The standard InChI is InChI=1S/C22H24N4O3/c1-14(27)22-24-8-9-26(22)20(13-23)19-12-21(29-25-19)17-6-4-15(5-7-17)2-3-16-10-18(28)11-16/h4-9,12,14,16,18,20,27-28H,10-11,13,23H2,1H3/t14-,16-,18+,20+/m0/s1. The molecule has 4 rings (SSSR count). The highest BCUT2D eigenvalue weighted by atomic mass is 16.5. The zero-order chi connectivity index (χ0) is 20.4. The van der Waals surface area contributed by atoms with Gasteiger partial charge in [0, 0.05) is 42.0 Å². The molecule has 3 aromatic rings. The van der Waals surface area contributed by atoms with E-state index in [4.69, 9.17) is 10.3 Å². The first-order chi connectivity index (χ1) is 14.0.